The minimum absolute atomic E-state index is 0.352. The Labute approximate surface area is 174 Å². The van der Waals surface area contributed by atoms with Crippen molar-refractivity contribution in [1.82, 2.24) is 9.88 Å². The van der Waals surface area contributed by atoms with Crippen LogP contribution in [0.2, 0.25) is 0 Å². The summed E-state index contributed by atoms with van der Waals surface area (Å²) >= 11 is 0. The number of pyridine rings is 1. The highest BCUT2D eigenvalue weighted by Crippen LogP contribution is 2.30. The first-order chi connectivity index (χ1) is 14.3. The summed E-state index contributed by atoms with van der Waals surface area (Å²) in [6, 6.07) is 27.0. The molecule has 0 saturated heterocycles. The van der Waals surface area contributed by atoms with Gasteiger partial charge in [-0.3, -0.25) is 9.88 Å². The number of hydrogen-bond donors (Lipinski definition) is 1. The van der Waals surface area contributed by atoms with Gasteiger partial charge in [-0.2, -0.15) is 0 Å². The molecule has 1 aliphatic carbocycles. The van der Waals surface area contributed by atoms with E-state index in [0.717, 1.165) is 25.9 Å². The molecule has 3 heteroatoms. The molecule has 2 aromatic carbocycles. The van der Waals surface area contributed by atoms with Crippen molar-refractivity contribution in [2.24, 2.45) is 5.73 Å². The molecular formula is C26H31N3. The molecule has 3 nitrogen and oxygen atoms in total. The van der Waals surface area contributed by atoms with Crippen LogP contribution in [0.25, 0.3) is 0 Å². The Kier molecular flexibility index (Phi) is 6.71. The van der Waals surface area contributed by atoms with Crippen molar-refractivity contribution in [3.8, 4) is 0 Å². The van der Waals surface area contributed by atoms with Gasteiger partial charge in [0, 0.05) is 43.5 Å². The minimum atomic E-state index is 0.352. The SMILES string of the molecule is NC1CCC(N(Cc2cccnc2)CC(c2ccccc2)c2ccccc2)CC1. The molecule has 3 aromatic rings. The predicted molar refractivity (Wildman–Crippen MR) is 120 cm³/mol. The van der Waals surface area contributed by atoms with Gasteiger partial charge in [0.2, 0.25) is 0 Å². The lowest BCUT2D eigenvalue weighted by atomic mass is 9.87. The van der Waals surface area contributed by atoms with Crippen molar-refractivity contribution in [1.29, 1.82) is 0 Å². The van der Waals surface area contributed by atoms with Gasteiger partial charge in [0.15, 0.2) is 0 Å². The van der Waals surface area contributed by atoms with Crippen molar-refractivity contribution < 1.29 is 0 Å². The Morgan fingerprint density at radius 1 is 0.828 bits per heavy atom. The molecule has 1 aliphatic rings. The minimum Gasteiger partial charge on any atom is -0.328 e. The molecule has 1 saturated carbocycles. The Morgan fingerprint density at radius 3 is 2.00 bits per heavy atom. The van der Waals surface area contributed by atoms with Gasteiger partial charge in [-0.15, -0.1) is 0 Å². The van der Waals surface area contributed by atoms with Crippen LogP contribution in [0.1, 0.15) is 48.3 Å². The molecule has 29 heavy (non-hydrogen) atoms. The Balaban J connectivity index is 1.62. The molecule has 0 aliphatic heterocycles. The molecule has 2 N–H and O–H groups in total. The number of nitrogens with zero attached hydrogens (tertiary/aromatic N) is 2. The van der Waals surface area contributed by atoms with Crippen molar-refractivity contribution in [3.63, 3.8) is 0 Å². The summed E-state index contributed by atoms with van der Waals surface area (Å²) in [5.74, 6) is 0.352. The zero-order valence-corrected chi connectivity index (χ0v) is 17.0. The van der Waals surface area contributed by atoms with Gasteiger partial charge >= 0.3 is 0 Å². The third-order valence-corrected chi connectivity index (χ3v) is 6.19. The van der Waals surface area contributed by atoms with Crippen molar-refractivity contribution in [2.45, 2.75) is 50.2 Å². The predicted octanol–water partition coefficient (Wildman–Crippen LogP) is 4.99. The zero-order chi connectivity index (χ0) is 19.9. The second-order valence-electron chi connectivity index (χ2n) is 8.23. The monoisotopic (exact) mass is 385 g/mol. The molecule has 0 unspecified atom stereocenters. The summed E-state index contributed by atoms with van der Waals surface area (Å²) in [6.07, 6.45) is 8.45. The fourth-order valence-electron chi connectivity index (χ4n) is 4.54. The molecular weight excluding hydrogens is 354 g/mol. The molecule has 0 bridgehead atoms. The zero-order valence-electron chi connectivity index (χ0n) is 17.0. The molecule has 4 rings (SSSR count). The van der Waals surface area contributed by atoms with Gasteiger partial charge in [-0.1, -0.05) is 66.7 Å². The van der Waals surface area contributed by atoms with E-state index in [0.29, 0.717) is 18.0 Å². The first kappa shape index (κ1) is 19.8. The van der Waals surface area contributed by atoms with Crippen molar-refractivity contribution in [2.75, 3.05) is 6.54 Å². The van der Waals surface area contributed by atoms with Crippen LogP contribution in [0, 0.1) is 0 Å². The quantitative estimate of drug-likeness (QED) is 0.623. The van der Waals surface area contributed by atoms with Gasteiger partial charge in [0.25, 0.3) is 0 Å². The smallest absolute Gasteiger partial charge is 0.0312 e. The third-order valence-electron chi connectivity index (χ3n) is 6.19. The van der Waals surface area contributed by atoms with Crippen LogP contribution >= 0.6 is 0 Å². The highest BCUT2D eigenvalue weighted by Gasteiger charge is 2.27. The van der Waals surface area contributed by atoms with Crippen LogP contribution in [0.4, 0.5) is 0 Å². The Bertz CT molecular complexity index is 803. The molecule has 0 amide bonds. The van der Waals surface area contributed by atoms with E-state index in [2.05, 4.69) is 76.6 Å². The van der Waals surface area contributed by atoms with E-state index in [-0.39, 0.29) is 0 Å². The standard InChI is InChI=1S/C26H31N3/c27-24-13-15-25(16-14-24)29(19-21-8-7-17-28-18-21)20-26(22-9-3-1-4-10-22)23-11-5-2-6-12-23/h1-12,17-18,24-26H,13-16,19-20,27H2. The van der Waals surface area contributed by atoms with Crippen LogP contribution < -0.4 is 5.73 Å². The number of benzene rings is 2. The Hall–Kier alpha value is -2.49. The van der Waals surface area contributed by atoms with Gasteiger partial charge in [0.05, 0.1) is 0 Å². The summed E-state index contributed by atoms with van der Waals surface area (Å²) in [5, 5.41) is 0. The fraction of sp³-hybridized carbons (Fsp3) is 0.346. The van der Waals surface area contributed by atoms with E-state index < -0.39 is 0 Å². The third kappa shape index (κ3) is 5.31. The maximum Gasteiger partial charge on any atom is 0.0312 e. The van der Waals surface area contributed by atoms with Crippen LogP contribution in [0.15, 0.2) is 85.2 Å². The second-order valence-corrected chi connectivity index (χ2v) is 8.23. The van der Waals surface area contributed by atoms with E-state index in [4.69, 9.17) is 5.73 Å². The number of aromatic nitrogens is 1. The molecule has 150 valence electrons. The first-order valence-electron chi connectivity index (χ1n) is 10.8. The van der Waals surface area contributed by atoms with Crippen molar-refractivity contribution in [3.05, 3.63) is 102 Å². The van der Waals surface area contributed by atoms with Gasteiger partial charge in [-0.25, -0.2) is 0 Å². The molecule has 1 fully saturated rings. The fourth-order valence-corrected chi connectivity index (χ4v) is 4.54. The average molecular weight is 386 g/mol. The van der Waals surface area contributed by atoms with Crippen LogP contribution in [-0.4, -0.2) is 28.5 Å². The first-order valence-corrected chi connectivity index (χ1v) is 10.8. The summed E-state index contributed by atoms with van der Waals surface area (Å²) in [4.78, 5) is 7.02. The molecule has 1 aromatic heterocycles. The summed E-state index contributed by atoms with van der Waals surface area (Å²) in [6.45, 7) is 1.94. The van der Waals surface area contributed by atoms with Gasteiger partial charge < -0.3 is 5.73 Å². The van der Waals surface area contributed by atoms with Gasteiger partial charge in [-0.05, 0) is 48.4 Å². The van der Waals surface area contributed by atoms with E-state index in [1.807, 2.05) is 18.5 Å². The van der Waals surface area contributed by atoms with Crippen molar-refractivity contribution >= 4 is 0 Å². The van der Waals surface area contributed by atoms with E-state index in [9.17, 15) is 0 Å². The second kappa shape index (κ2) is 9.82. The Morgan fingerprint density at radius 2 is 1.45 bits per heavy atom. The summed E-state index contributed by atoms with van der Waals surface area (Å²) in [7, 11) is 0. The maximum atomic E-state index is 6.20. The lowest BCUT2D eigenvalue weighted by Crippen LogP contribution is -2.42. The summed E-state index contributed by atoms with van der Waals surface area (Å²) in [5.41, 5.74) is 10.2. The molecule has 0 atom stereocenters. The number of rotatable bonds is 7. The topological polar surface area (TPSA) is 42.1 Å². The largest absolute Gasteiger partial charge is 0.328 e. The number of nitrogens with two attached hydrogens (primary N) is 1. The average Bonchev–Trinajstić information content (AvgIpc) is 2.79. The highest BCUT2D eigenvalue weighted by molar-refractivity contribution is 5.33. The highest BCUT2D eigenvalue weighted by atomic mass is 15.2. The summed E-state index contributed by atoms with van der Waals surface area (Å²) < 4.78 is 0. The van der Waals surface area contributed by atoms with E-state index >= 15 is 0 Å². The molecule has 1 heterocycles. The van der Waals surface area contributed by atoms with Crippen LogP contribution in [-0.2, 0) is 6.54 Å². The lowest BCUT2D eigenvalue weighted by Gasteiger charge is -2.38. The molecule has 0 radical (unpaired) electrons. The maximum absolute atomic E-state index is 6.20. The van der Waals surface area contributed by atoms with E-state index in [1.54, 1.807) is 0 Å². The lowest BCUT2D eigenvalue weighted by molar-refractivity contribution is 0.137. The van der Waals surface area contributed by atoms with E-state index in [1.165, 1.54) is 29.5 Å². The normalized spacial score (nSPS) is 19.6. The number of hydrogen-bond acceptors (Lipinski definition) is 3. The van der Waals surface area contributed by atoms with Crippen LogP contribution in [0.3, 0.4) is 0 Å². The molecule has 0 spiro atoms. The van der Waals surface area contributed by atoms with Crippen LogP contribution in [0.5, 0.6) is 0 Å². The van der Waals surface area contributed by atoms with Gasteiger partial charge in [0.1, 0.15) is 0 Å².